The normalized spacial score (nSPS) is 39.8. The average molecular weight is 639 g/mol. The Balaban J connectivity index is 1.56. The van der Waals surface area contributed by atoms with Crippen molar-refractivity contribution < 1.29 is 60.1 Å². The fourth-order valence-electron chi connectivity index (χ4n) is 9.94. The van der Waals surface area contributed by atoms with E-state index in [2.05, 4.69) is 11.7 Å². The van der Waals surface area contributed by atoms with E-state index in [1.165, 1.54) is 0 Å². The van der Waals surface area contributed by atoms with Crippen LogP contribution in [-0.2, 0) is 38.1 Å². The van der Waals surface area contributed by atoms with Gasteiger partial charge in [-0.15, -0.1) is 0 Å². The molecule has 0 radical (unpaired) electrons. The van der Waals surface area contributed by atoms with Gasteiger partial charge in [-0.25, -0.2) is 8.78 Å². The average Bonchev–Trinajstić information content (AvgIpc) is 3.29. The van der Waals surface area contributed by atoms with Gasteiger partial charge in [0, 0.05) is 24.7 Å². The molecule has 0 amide bonds. The molecule has 0 heterocycles. The van der Waals surface area contributed by atoms with E-state index < -0.39 is 48.2 Å². The fourth-order valence-corrected chi connectivity index (χ4v) is 9.94. The minimum atomic E-state index is -5.42. The fraction of sp³-hybridized carbons (Fsp3) is 0.871. The van der Waals surface area contributed by atoms with Crippen molar-refractivity contribution >= 4 is 25.4 Å². The largest absolute Gasteiger partial charge is 0.465 e. The molecule has 0 aromatic heterocycles. The smallest absolute Gasteiger partial charge is 0.431 e. The van der Waals surface area contributed by atoms with E-state index in [0.717, 1.165) is 12.8 Å². The molecule has 12 atom stereocenters. The summed E-state index contributed by atoms with van der Waals surface area (Å²) < 4.78 is 87.5. The molecule has 13 heteroatoms. The van der Waals surface area contributed by atoms with Gasteiger partial charge in [0.25, 0.3) is 31.4 Å². The minimum Gasteiger partial charge on any atom is -0.465 e. The Kier molecular flexibility index (Phi) is 9.95. The summed E-state index contributed by atoms with van der Waals surface area (Å²) >= 11 is 0. The Morgan fingerprint density at radius 2 is 1.57 bits per heavy atom. The number of halogens is 5. The van der Waals surface area contributed by atoms with Gasteiger partial charge in [-0.3, -0.25) is 19.2 Å². The minimum absolute atomic E-state index is 0.0225. The van der Waals surface area contributed by atoms with Gasteiger partial charge >= 0.3 is 12.1 Å². The lowest BCUT2D eigenvalue weighted by Crippen LogP contribution is -2.63. The predicted molar refractivity (Wildman–Crippen MR) is 144 cm³/mol. The van der Waals surface area contributed by atoms with Crippen molar-refractivity contribution in [3.8, 4) is 0 Å². The maximum absolute atomic E-state index is 13.6. The zero-order chi connectivity index (χ0) is 32.7. The number of alkyl halides is 5. The topological polar surface area (TPSA) is 105 Å². The highest BCUT2D eigenvalue weighted by molar-refractivity contribution is 5.69. The number of hydrogen-bond acceptors (Lipinski definition) is 8. The van der Waals surface area contributed by atoms with E-state index in [0.29, 0.717) is 51.5 Å². The molecule has 0 N–H and O–H groups in total. The summed E-state index contributed by atoms with van der Waals surface area (Å²) in [7, 11) is 0. The lowest BCUT2D eigenvalue weighted by molar-refractivity contribution is -0.273. The third kappa shape index (κ3) is 6.30. The van der Waals surface area contributed by atoms with Crippen LogP contribution in [0.3, 0.4) is 0 Å². The molecule has 4 aliphatic rings. The van der Waals surface area contributed by atoms with Crippen LogP contribution in [0.1, 0.15) is 85.5 Å². The molecular weight excluding hydrogens is 595 g/mol. The van der Waals surface area contributed by atoms with Gasteiger partial charge in [0.05, 0.1) is 0 Å². The third-order valence-electron chi connectivity index (χ3n) is 12.0. The zero-order valence-electron chi connectivity index (χ0n) is 25.5. The highest BCUT2D eigenvalue weighted by Gasteiger charge is 2.67. The van der Waals surface area contributed by atoms with Crippen molar-refractivity contribution in [3.63, 3.8) is 0 Å². The number of ether oxygens (including phenoxy) is 4. The maximum Gasteiger partial charge on any atom is 0.431 e. The highest BCUT2D eigenvalue weighted by atomic mass is 19.4. The number of carbonyl (C=O) groups excluding carboxylic acids is 4. The molecule has 8 nitrogen and oxygen atoms in total. The third-order valence-corrected chi connectivity index (χ3v) is 12.0. The van der Waals surface area contributed by atoms with E-state index in [1.54, 1.807) is 0 Å². The summed E-state index contributed by atoms with van der Waals surface area (Å²) in [4.78, 5) is 46.9. The van der Waals surface area contributed by atoms with Crippen molar-refractivity contribution in [2.24, 2.45) is 46.3 Å². The molecule has 2 unspecified atom stereocenters. The Bertz CT molecular complexity index is 1050. The quantitative estimate of drug-likeness (QED) is 0.110. The summed E-state index contributed by atoms with van der Waals surface area (Å²) in [5.74, 6) is -5.90. The molecule has 44 heavy (non-hydrogen) atoms. The molecule has 0 spiro atoms. The van der Waals surface area contributed by atoms with Crippen LogP contribution in [-0.4, -0.2) is 61.9 Å². The second-order valence-electron chi connectivity index (χ2n) is 14.0. The van der Waals surface area contributed by atoms with Crippen LogP contribution < -0.4 is 0 Å². The number of esters is 1. The van der Waals surface area contributed by atoms with Crippen LogP contribution in [0.5, 0.6) is 0 Å². The molecule has 4 saturated carbocycles. The van der Waals surface area contributed by atoms with Crippen molar-refractivity contribution in [2.45, 2.75) is 122 Å². The number of fused-ring (bicyclic) bond motifs is 5. The molecule has 0 saturated heterocycles. The number of rotatable bonds is 12. The van der Waals surface area contributed by atoms with Crippen LogP contribution in [0.25, 0.3) is 0 Å². The van der Waals surface area contributed by atoms with Crippen LogP contribution in [0.4, 0.5) is 22.0 Å². The second kappa shape index (κ2) is 12.7. The summed E-state index contributed by atoms with van der Waals surface area (Å²) in [6, 6.07) is 0. The van der Waals surface area contributed by atoms with Crippen LogP contribution in [0.15, 0.2) is 0 Å². The van der Waals surface area contributed by atoms with Gasteiger partial charge in [0.1, 0.15) is 18.3 Å². The van der Waals surface area contributed by atoms with E-state index in [1.807, 2.05) is 13.8 Å². The van der Waals surface area contributed by atoms with Crippen molar-refractivity contribution in [2.75, 3.05) is 0 Å². The van der Waals surface area contributed by atoms with Gasteiger partial charge in [-0.2, -0.15) is 13.2 Å². The molecule has 4 aliphatic carbocycles. The first-order valence-electron chi connectivity index (χ1n) is 15.4. The molecular formula is C31H43F5O8. The van der Waals surface area contributed by atoms with Crippen LogP contribution in [0, 0.1) is 46.3 Å². The first kappa shape index (κ1) is 34.4. The molecule has 0 aliphatic heterocycles. The van der Waals surface area contributed by atoms with Gasteiger partial charge in [0.2, 0.25) is 0 Å². The number of carbonyl (C=O) groups is 4. The Morgan fingerprint density at radius 1 is 0.909 bits per heavy atom. The van der Waals surface area contributed by atoms with Gasteiger partial charge in [0.15, 0.2) is 0 Å². The van der Waals surface area contributed by atoms with Crippen molar-refractivity contribution in [1.82, 2.24) is 0 Å². The van der Waals surface area contributed by atoms with E-state index in [4.69, 9.17) is 14.2 Å². The monoisotopic (exact) mass is 638 g/mol. The summed E-state index contributed by atoms with van der Waals surface area (Å²) in [5.41, 5.74) is -0.770. The van der Waals surface area contributed by atoms with Crippen LogP contribution in [0.2, 0.25) is 0 Å². The molecule has 250 valence electrons. The highest BCUT2D eigenvalue weighted by Crippen LogP contribution is 2.69. The van der Waals surface area contributed by atoms with E-state index in [-0.39, 0.29) is 60.4 Å². The SMILES string of the molecule is C[C@@H](CCC(=O)OC(C(C)(F)F)C(F)(F)F)C1CC[C@H]2[C@@H]3[C@H](OC=O)C[C@@H]4C[C@H](OC=O)CC[C@]4(C)[C@H]3C[C@H](OC=O)[C@]12C. The van der Waals surface area contributed by atoms with Crippen LogP contribution >= 0.6 is 0 Å². The zero-order valence-corrected chi connectivity index (χ0v) is 25.5. The Labute approximate surface area is 254 Å². The first-order valence-corrected chi connectivity index (χ1v) is 15.4. The summed E-state index contributed by atoms with van der Waals surface area (Å²) in [6.07, 6.45) is -5.77. The van der Waals surface area contributed by atoms with Gasteiger partial charge in [-0.1, -0.05) is 20.8 Å². The van der Waals surface area contributed by atoms with Gasteiger partial charge in [-0.05, 0) is 86.4 Å². The summed E-state index contributed by atoms with van der Waals surface area (Å²) in [5, 5.41) is 0. The summed E-state index contributed by atoms with van der Waals surface area (Å²) in [6.45, 7) is 7.54. The lowest BCUT2D eigenvalue weighted by Gasteiger charge is -2.64. The van der Waals surface area contributed by atoms with E-state index >= 15 is 0 Å². The second-order valence-corrected chi connectivity index (χ2v) is 14.0. The number of hydrogen-bond donors (Lipinski definition) is 0. The Hall–Kier alpha value is -2.47. The first-order chi connectivity index (χ1) is 20.5. The maximum atomic E-state index is 13.6. The Morgan fingerprint density at radius 3 is 2.16 bits per heavy atom. The molecule has 4 rings (SSSR count). The molecule has 0 aromatic carbocycles. The van der Waals surface area contributed by atoms with Crippen molar-refractivity contribution in [3.05, 3.63) is 0 Å². The van der Waals surface area contributed by atoms with Gasteiger partial charge < -0.3 is 18.9 Å². The molecule has 4 fully saturated rings. The molecule has 0 aromatic rings. The predicted octanol–water partition coefficient (Wildman–Crippen LogP) is 6.04. The van der Waals surface area contributed by atoms with Crippen molar-refractivity contribution in [1.29, 1.82) is 0 Å². The van der Waals surface area contributed by atoms with E-state index in [9.17, 15) is 41.1 Å². The standard InChI is InChI=1S/C31H43F5O8/c1-17(5-8-25(40)44-27(30(4,32)33)31(34,35)36)20-6-7-21-26-22(13-24(43-16-39)29(20,21)3)28(2)10-9-19(41-14-37)11-18(28)12-23(26)42-15-38/h14-24,26-27H,5-13H2,1-4H3/t17-,18-,19+,20?,21-,22-,23+,24-,26-,27?,28-,29+/m0/s1. The molecule has 0 bridgehead atoms. The lowest BCUT2D eigenvalue weighted by atomic mass is 9.43.